The minimum Gasteiger partial charge on any atom is -0.383 e. The number of anilines is 1. The standard InChI is InChI=1S/C22H36ClN5O.HI/c1-3-24-22(25-18-19-7-9-26(10-8-19)15-16-29-2)28-13-11-27(12-14-28)21-6-4-5-20(23)17-21;/h4-6,17,19H,3,7-16,18H2,1-2H3,(H,24,25);1H. The van der Waals surface area contributed by atoms with E-state index >= 15 is 0 Å². The minimum atomic E-state index is 0. The molecule has 0 spiro atoms. The Morgan fingerprint density at radius 3 is 2.53 bits per heavy atom. The Kier molecular flexibility index (Phi) is 11.6. The molecule has 6 nitrogen and oxygen atoms in total. The molecule has 2 heterocycles. The number of guanidine groups is 1. The fourth-order valence-electron chi connectivity index (χ4n) is 4.10. The van der Waals surface area contributed by atoms with Gasteiger partial charge in [0.05, 0.1) is 6.61 Å². The Morgan fingerprint density at radius 1 is 1.17 bits per heavy atom. The maximum atomic E-state index is 6.16. The molecule has 0 bridgehead atoms. The molecular formula is C22H37ClIN5O. The second-order valence-corrected chi connectivity index (χ2v) is 8.36. The summed E-state index contributed by atoms with van der Waals surface area (Å²) in [5.74, 6) is 1.76. The first-order chi connectivity index (χ1) is 14.2. The Morgan fingerprint density at radius 2 is 1.90 bits per heavy atom. The summed E-state index contributed by atoms with van der Waals surface area (Å²) in [5.41, 5.74) is 1.21. The van der Waals surface area contributed by atoms with Gasteiger partial charge in [0.1, 0.15) is 0 Å². The Bertz CT molecular complexity index is 646. The van der Waals surface area contributed by atoms with Crippen molar-refractivity contribution in [3.8, 4) is 0 Å². The SMILES string of the molecule is CCNC(=NCC1CCN(CCOC)CC1)N1CCN(c2cccc(Cl)c2)CC1.I. The summed E-state index contributed by atoms with van der Waals surface area (Å²) in [4.78, 5) is 12.3. The zero-order valence-electron chi connectivity index (χ0n) is 18.4. The van der Waals surface area contributed by atoms with E-state index in [9.17, 15) is 0 Å². The van der Waals surface area contributed by atoms with Crippen LogP contribution in [-0.2, 0) is 4.74 Å². The van der Waals surface area contributed by atoms with Gasteiger partial charge in [-0.1, -0.05) is 17.7 Å². The molecule has 0 radical (unpaired) electrons. The molecule has 0 aliphatic carbocycles. The van der Waals surface area contributed by atoms with Crippen molar-refractivity contribution in [3.63, 3.8) is 0 Å². The van der Waals surface area contributed by atoms with Gasteiger partial charge in [0.2, 0.25) is 0 Å². The molecule has 0 atom stereocenters. The molecule has 170 valence electrons. The average molecular weight is 550 g/mol. The minimum absolute atomic E-state index is 0. The maximum Gasteiger partial charge on any atom is 0.194 e. The monoisotopic (exact) mass is 549 g/mol. The molecule has 0 amide bonds. The summed E-state index contributed by atoms with van der Waals surface area (Å²) >= 11 is 6.16. The Labute approximate surface area is 204 Å². The number of hydrogen-bond acceptors (Lipinski definition) is 4. The summed E-state index contributed by atoms with van der Waals surface area (Å²) in [5, 5.41) is 4.30. The van der Waals surface area contributed by atoms with E-state index < -0.39 is 0 Å². The Balaban J connectivity index is 0.00000320. The highest BCUT2D eigenvalue weighted by atomic mass is 127. The van der Waals surface area contributed by atoms with E-state index in [1.54, 1.807) is 7.11 Å². The van der Waals surface area contributed by atoms with Crippen molar-refractivity contribution in [1.82, 2.24) is 15.1 Å². The molecule has 2 aliphatic heterocycles. The molecule has 2 aliphatic rings. The van der Waals surface area contributed by atoms with Crippen LogP contribution < -0.4 is 10.2 Å². The van der Waals surface area contributed by atoms with Crippen LogP contribution in [-0.4, -0.2) is 88.4 Å². The van der Waals surface area contributed by atoms with E-state index in [-0.39, 0.29) is 24.0 Å². The van der Waals surface area contributed by atoms with Crippen LogP contribution in [0.15, 0.2) is 29.3 Å². The van der Waals surface area contributed by atoms with Gasteiger partial charge in [-0.3, -0.25) is 4.99 Å². The fraction of sp³-hybridized carbons (Fsp3) is 0.682. The van der Waals surface area contributed by atoms with Gasteiger partial charge in [0.15, 0.2) is 5.96 Å². The molecule has 8 heteroatoms. The van der Waals surface area contributed by atoms with Gasteiger partial charge in [0, 0.05) is 63.6 Å². The molecule has 0 unspecified atom stereocenters. The average Bonchev–Trinajstić information content (AvgIpc) is 2.76. The van der Waals surface area contributed by atoms with E-state index in [0.717, 1.165) is 63.4 Å². The van der Waals surface area contributed by atoms with Crippen LogP contribution >= 0.6 is 35.6 Å². The zero-order valence-corrected chi connectivity index (χ0v) is 21.4. The van der Waals surface area contributed by atoms with Gasteiger partial charge >= 0.3 is 0 Å². The highest BCUT2D eigenvalue weighted by molar-refractivity contribution is 14.0. The van der Waals surface area contributed by atoms with Crippen molar-refractivity contribution in [2.24, 2.45) is 10.9 Å². The van der Waals surface area contributed by atoms with E-state index in [1.807, 2.05) is 12.1 Å². The molecule has 2 saturated heterocycles. The smallest absolute Gasteiger partial charge is 0.194 e. The number of nitrogens with one attached hydrogen (secondary N) is 1. The second kappa shape index (κ2) is 13.6. The number of methoxy groups -OCH3 is 1. The number of aliphatic imine (C=N–C) groups is 1. The maximum absolute atomic E-state index is 6.16. The number of ether oxygens (including phenoxy) is 1. The third-order valence-electron chi connectivity index (χ3n) is 5.91. The summed E-state index contributed by atoms with van der Waals surface area (Å²) < 4.78 is 5.20. The molecular weight excluding hydrogens is 513 g/mol. The normalized spacial score (nSPS) is 19.0. The molecule has 1 aromatic rings. The molecule has 30 heavy (non-hydrogen) atoms. The molecule has 0 saturated carbocycles. The van der Waals surface area contributed by atoms with E-state index in [0.29, 0.717) is 5.92 Å². The first-order valence-corrected chi connectivity index (χ1v) is 11.3. The van der Waals surface area contributed by atoms with Crippen LogP contribution in [0.2, 0.25) is 5.02 Å². The number of piperidine rings is 1. The molecule has 1 aromatic carbocycles. The van der Waals surface area contributed by atoms with Crippen molar-refractivity contribution in [1.29, 1.82) is 0 Å². The largest absolute Gasteiger partial charge is 0.383 e. The summed E-state index contributed by atoms with van der Waals surface area (Å²) in [6.07, 6.45) is 2.46. The molecule has 1 N–H and O–H groups in total. The lowest BCUT2D eigenvalue weighted by Crippen LogP contribution is -2.52. The van der Waals surface area contributed by atoms with Crippen LogP contribution in [0, 0.1) is 5.92 Å². The van der Waals surface area contributed by atoms with Crippen LogP contribution in [0.3, 0.4) is 0 Å². The lowest BCUT2D eigenvalue weighted by Gasteiger charge is -2.38. The number of halogens is 2. The van der Waals surface area contributed by atoms with Crippen molar-refractivity contribution in [3.05, 3.63) is 29.3 Å². The van der Waals surface area contributed by atoms with Crippen molar-refractivity contribution >= 4 is 47.2 Å². The number of nitrogens with zero attached hydrogens (tertiary/aromatic N) is 4. The van der Waals surface area contributed by atoms with Gasteiger partial charge in [-0.2, -0.15) is 0 Å². The lowest BCUT2D eigenvalue weighted by atomic mass is 9.97. The van der Waals surface area contributed by atoms with Crippen LogP contribution in [0.5, 0.6) is 0 Å². The van der Waals surface area contributed by atoms with Crippen molar-refractivity contribution < 1.29 is 4.74 Å². The number of likely N-dealkylation sites (tertiary alicyclic amines) is 1. The first-order valence-electron chi connectivity index (χ1n) is 10.9. The van der Waals surface area contributed by atoms with Crippen molar-refractivity contribution in [2.75, 3.05) is 77.5 Å². The summed E-state index contributed by atoms with van der Waals surface area (Å²) in [7, 11) is 1.78. The van der Waals surface area contributed by atoms with Crippen LogP contribution in [0.25, 0.3) is 0 Å². The molecule has 3 rings (SSSR count). The van der Waals surface area contributed by atoms with E-state index in [2.05, 4.69) is 39.1 Å². The number of hydrogen-bond donors (Lipinski definition) is 1. The number of benzene rings is 1. The van der Waals surface area contributed by atoms with Crippen LogP contribution in [0.1, 0.15) is 19.8 Å². The molecule has 2 fully saturated rings. The number of rotatable bonds is 7. The van der Waals surface area contributed by atoms with Gasteiger partial charge < -0.3 is 24.8 Å². The predicted molar refractivity (Wildman–Crippen MR) is 138 cm³/mol. The zero-order chi connectivity index (χ0) is 20.5. The van der Waals surface area contributed by atoms with E-state index in [1.165, 1.54) is 31.6 Å². The number of piperazine rings is 1. The highest BCUT2D eigenvalue weighted by Gasteiger charge is 2.22. The molecule has 0 aromatic heterocycles. The second-order valence-electron chi connectivity index (χ2n) is 7.93. The summed E-state index contributed by atoms with van der Waals surface area (Å²) in [6.45, 7) is 12.1. The van der Waals surface area contributed by atoms with Gasteiger partial charge in [0.25, 0.3) is 0 Å². The third kappa shape index (κ3) is 7.73. The van der Waals surface area contributed by atoms with Gasteiger partial charge in [-0.25, -0.2) is 0 Å². The highest BCUT2D eigenvalue weighted by Crippen LogP contribution is 2.21. The summed E-state index contributed by atoms with van der Waals surface area (Å²) in [6, 6.07) is 8.14. The van der Waals surface area contributed by atoms with E-state index in [4.69, 9.17) is 21.3 Å². The topological polar surface area (TPSA) is 43.3 Å². The first kappa shape index (κ1) is 25.5. The lowest BCUT2D eigenvalue weighted by molar-refractivity contribution is 0.121. The fourth-order valence-corrected chi connectivity index (χ4v) is 4.29. The van der Waals surface area contributed by atoms with Gasteiger partial charge in [-0.15, -0.1) is 24.0 Å². The van der Waals surface area contributed by atoms with Crippen molar-refractivity contribution in [2.45, 2.75) is 19.8 Å². The third-order valence-corrected chi connectivity index (χ3v) is 6.14. The Hall–Kier alpha value is -0.770. The van der Waals surface area contributed by atoms with Gasteiger partial charge in [-0.05, 0) is 57.0 Å². The predicted octanol–water partition coefficient (Wildman–Crippen LogP) is 3.40. The quantitative estimate of drug-likeness (QED) is 0.321. The van der Waals surface area contributed by atoms with Crippen LogP contribution in [0.4, 0.5) is 5.69 Å².